The smallest absolute Gasteiger partial charge is 0.257 e. The van der Waals surface area contributed by atoms with Crippen LogP contribution < -0.4 is 11.1 Å². The molecule has 0 radical (unpaired) electrons. The van der Waals surface area contributed by atoms with Crippen molar-refractivity contribution in [1.29, 1.82) is 0 Å². The Kier molecular flexibility index (Phi) is 3.01. The van der Waals surface area contributed by atoms with E-state index in [4.69, 9.17) is 5.73 Å². The van der Waals surface area contributed by atoms with Gasteiger partial charge in [-0.25, -0.2) is 4.98 Å². The van der Waals surface area contributed by atoms with Crippen LogP contribution >= 0.6 is 0 Å². The van der Waals surface area contributed by atoms with E-state index in [0.717, 1.165) is 5.69 Å². The molecule has 2 heterocycles. The van der Waals surface area contributed by atoms with Gasteiger partial charge in [0.15, 0.2) is 0 Å². The molecule has 0 bridgehead atoms. The van der Waals surface area contributed by atoms with Gasteiger partial charge < -0.3 is 11.1 Å². The number of amides is 1. The van der Waals surface area contributed by atoms with Crippen molar-refractivity contribution in [2.75, 3.05) is 11.1 Å². The van der Waals surface area contributed by atoms with E-state index in [0.29, 0.717) is 22.9 Å². The molecule has 0 aliphatic heterocycles. The van der Waals surface area contributed by atoms with Crippen LogP contribution in [0.3, 0.4) is 0 Å². The number of nitrogens with zero attached hydrogens (tertiary/aromatic N) is 3. The van der Waals surface area contributed by atoms with Crippen LogP contribution in [-0.2, 0) is 7.05 Å². The fourth-order valence-electron chi connectivity index (χ4n) is 1.74. The highest BCUT2D eigenvalue weighted by atomic mass is 16.1. The lowest BCUT2D eigenvalue weighted by molar-refractivity contribution is 0.102. The van der Waals surface area contributed by atoms with Gasteiger partial charge in [-0.2, -0.15) is 5.10 Å². The molecular weight excluding hydrogens is 230 g/mol. The monoisotopic (exact) mass is 245 g/mol. The third kappa shape index (κ3) is 2.48. The highest BCUT2D eigenvalue weighted by Gasteiger charge is 2.10. The molecule has 0 aliphatic rings. The van der Waals surface area contributed by atoms with E-state index >= 15 is 0 Å². The predicted molar refractivity (Wildman–Crippen MR) is 69.3 cm³/mol. The first-order valence-electron chi connectivity index (χ1n) is 5.52. The summed E-state index contributed by atoms with van der Waals surface area (Å²) in [6.07, 6.45) is 0. The van der Waals surface area contributed by atoms with Crippen LogP contribution in [0.15, 0.2) is 18.2 Å². The topological polar surface area (TPSA) is 85.8 Å². The minimum Gasteiger partial charge on any atom is -0.384 e. The van der Waals surface area contributed by atoms with Crippen molar-refractivity contribution in [3.63, 3.8) is 0 Å². The summed E-state index contributed by atoms with van der Waals surface area (Å²) in [5, 5.41) is 6.94. The number of nitrogens with one attached hydrogen (secondary N) is 1. The van der Waals surface area contributed by atoms with Crippen molar-refractivity contribution in [3.05, 3.63) is 35.2 Å². The first kappa shape index (κ1) is 12.1. The van der Waals surface area contributed by atoms with E-state index in [1.54, 1.807) is 36.9 Å². The summed E-state index contributed by atoms with van der Waals surface area (Å²) in [6.45, 7) is 3.66. The Hall–Kier alpha value is -2.37. The van der Waals surface area contributed by atoms with Gasteiger partial charge in [0.25, 0.3) is 5.91 Å². The molecule has 0 saturated heterocycles. The number of carbonyl (C=O) groups is 1. The Morgan fingerprint density at radius 2 is 2.00 bits per heavy atom. The molecule has 2 aromatic heterocycles. The largest absolute Gasteiger partial charge is 0.384 e. The van der Waals surface area contributed by atoms with Gasteiger partial charge in [0.2, 0.25) is 0 Å². The molecule has 3 N–H and O–H groups in total. The summed E-state index contributed by atoms with van der Waals surface area (Å²) >= 11 is 0. The Morgan fingerprint density at radius 1 is 1.28 bits per heavy atom. The Balaban J connectivity index is 2.24. The number of nitrogen functional groups attached to an aromatic ring is 1. The zero-order valence-corrected chi connectivity index (χ0v) is 10.6. The van der Waals surface area contributed by atoms with E-state index in [9.17, 15) is 4.79 Å². The van der Waals surface area contributed by atoms with E-state index in [-0.39, 0.29) is 5.91 Å². The second-order valence-electron chi connectivity index (χ2n) is 4.17. The summed E-state index contributed by atoms with van der Waals surface area (Å²) < 4.78 is 1.62. The van der Waals surface area contributed by atoms with E-state index in [1.165, 1.54) is 0 Å². The molecular formula is C12H15N5O. The highest BCUT2D eigenvalue weighted by molar-refractivity contribution is 6.04. The van der Waals surface area contributed by atoms with Crippen molar-refractivity contribution < 1.29 is 4.79 Å². The number of anilines is 2. The molecule has 0 unspecified atom stereocenters. The molecule has 2 aromatic rings. The van der Waals surface area contributed by atoms with Crippen molar-refractivity contribution in [2.24, 2.45) is 7.05 Å². The zero-order valence-electron chi connectivity index (χ0n) is 10.6. The summed E-state index contributed by atoms with van der Waals surface area (Å²) in [6, 6.07) is 5.04. The second-order valence-corrected chi connectivity index (χ2v) is 4.17. The number of aromatic nitrogens is 3. The predicted octanol–water partition coefficient (Wildman–Crippen LogP) is 1.27. The molecule has 18 heavy (non-hydrogen) atoms. The SMILES string of the molecule is Cc1cc(C(=O)Nc2cc(C)nn2C)cc(N)n1. The number of carbonyl (C=O) groups excluding carboxylic acids is 1. The molecule has 6 nitrogen and oxygen atoms in total. The summed E-state index contributed by atoms with van der Waals surface area (Å²) in [5.41, 5.74) is 7.66. The van der Waals surface area contributed by atoms with Crippen molar-refractivity contribution >= 4 is 17.5 Å². The van der Waals surface area contributed by atoms with Gasteiger partial charge in [-0.15, -0.1) is 0 Å². The number of pyridine rings is 1. The molecule has 0 spiro atoms. The average molecular weight is 245 g/mol. The van der Waals surface area contributed by atoms with Crippen LogP contribution in [0.1, 0.15) is 21.7 Å². The molecule has 1 amide bonds. The maximum Gasteiger partial charge on any atom is 0.257 e. The van der Waals surface area contributed by atoms with Gasteiger partial charge in [0.1, 0.15) is 11.6 Å². The van der Waals surface area contributed by atoms with Crippen molar-refractivity contribution in [1.82, 2.24) is 14.8 Å². The van der Waals surface area contributed by atoms with Crippen molar-refractivity contribution in [3.8, 4) is 0 Å². The fraction of sp³-hybridized carbons (Fsp3) is 0.250. The standard InChI is InChI=1S/C12H15N5O/c1-7-4-9(6-10(13)14-7)12(18)15-11-5-8(2)16-17(11)3/h4-6H,1-3H3,(H2,13,14)(H,15,18). The molecule has 94 valence electrons. The van der Waals surface area contributed by atoms with E-state index in [1.807, 2.05) is 6.92 Å². The molecule has 0 saturated carbocycles. The number of nitrogens with two attached hydrogens (primary N) is 1. The minimum atomic E-state index is -0.227. The fourth-order valence-corrected chi connectivity index (χ4v) is 1.74. The lowest BCUT2D eigenvalue weighted by Gasteiger charge is -2.06. The summed E-state index contributed by atoms with van der Waals surface area (Å²) in [7, 11) is 1.77. The van der Waals surface area contributed by atoms with Gasteiger partial charge in [-0.1, -0.05) is 0 Å². The Labute approximate surface area is 105 Å². The number of rotatable bonds is 2. The van der Waals surface area contributed by atoms with Gasteiger partial charge in [0.05, 0.1) is 5.69 Å². The minimum absolute atomic E-state index is 0.227. The van der Waals surface area contributed by atoms with Gasteiger partial charge in [-0.3, -0.25) is 9.48 Å². The number of hydrogen-bond donors (Lipinski definition) is 2. The van der Waals surface area contributed by atoms with Gasteiger partial charge in [0, 0.05) is 24.4 Å². The van der Waals surface area contributed by atoms with E-state index in [2.05, 4.69) is 15.4 Å². The Bertz CT molecular complexity index is 582. The van der Waals surface area contributed by atoms with Crippen LogP contribution in [0, 0.1) is 13.8 Å². The molecule has 6 heteroatoms. The molecule has 0 atom stereocenters. The number of hydrogen-bond acceptors (Lipinski definition) is 4. The lowest BCUT2D eigenvalue weighted by Crippen LogP contribution is -2.15. The maximum atomic E-state index is 12.0. The second kappa shape index (κ2) is 4.48. The summed E-state index contributed by atoms with van der Waals surface area (Å²) in [5.74, 6) is 0.752. The highest BCUT2D eigenvalue weighted by Crippen LogP contribution is 2.12. The van der Waals surface area contributed by atoms with Gasteiger partial charge in [-0.05, 0) is 26.0 Å². The third-order valence-corrected chi connectivity index (χ3v) is 2.48. The number of aryl methyl sites for hydroxylation is 3. The first-order chi connectivity index (χ1) is 8.45. The van der Waals surface area contributed by atoms with Crippen LogP contribution in [0.4, 0.5) is 11.6 Å². The lowest BCUT2D eigenvalue weighted by atomic mass is 10.2. The van der Waals surface area contributed by atoms with Crippen LogP contribution in [-0.4, -0.2) is 20.7 Å². The first-order valence-corrected chi connectivity index (χ1v) is 5.52. The molecule has 2 rings (SSSR count). The van der Waals surface area contributed by atoms with Crippen LogP contribution in [0.5, 0.6) is 0 Å². The summed E-state index contributed by atoms with van der Waals surface area (Å²) in [4.78, 5) is 16.1. The Morgan fingerprint density at radius 3 is 2.56 bits per heavy atom. The van der Waals surface area contributed by atoms with E-state index < -0.39 is 0 Å². The molecule has 0 aliphatic carbocycles. The zero-order chi connectivity index (χ0) is 13.3. The maximum absolute atomic E-state index is 12.0. The average Bonchev–Trinajstić information content (AvgIpc) is 2.56. The molecule has 0 aromatic carbocycles. The third-order valence-electron chi connectivity index (χ3n) is 2.48. The molecule has 0 fully saturated rings. The van der Waals surface area contributed by atoms with Crippen LogP contribution in [0.2, 0.25) is 0 Å². The van der Waals surface area contributed by atoms with Crippen LogP contribution in [0.25, 0.3) is 0 Å². The quantitative estimate of drug-likeness (QED) is 0.834. The van der Waals surface area contributed by atoms with Gasteiger partial charge >= 0.3 is 0 Å². The van der Waals surface area contributed by atoms with Crippen molar-refractivity contribution in [2.45, 2.75) is 13.8 Å². The normalized spacial score (nSPS) is 10.4.